The van der Waals surface area contributed by atoms with Crippen LogP contribution in [0.25, 0.3) is 10.8 Å². The summed E-state index contributed by atoms with van der Waals surface area (Å²) in [6.45, 7) is 0. The second kappa shape index (κ2) is 5.63. The highest BCUT2D eigenvalue weighted by molar-refractivity contribution is 6.68. The summed E-state index contributed by atoms with van der Waals surface area (Å²) in [7, 11) is 0. The first-order valence-corrected chi connectivity index (χ1v) is 6.63. The molecule has 7 heteroatoms. The van der Waals surface area contributed by atoms with Crippen LogP contribution in [0.15, 0.2) is 42.9 Å². The molecule has 0 atom stereocenters. The number of carbonyl (C=O) groups excluding carboxylic acids is 1. The zero-order valence-corrected chi connectivity index (χ0v) is 12.0. The average molecular weight is 320 g/mol. The van der Waals surface area contributed by atoms with Gasteiger partial charge < -0.3 is 4.74 Å². The molecule has 0 N–H and O–H groups in total. The Hall–Kier alpha value is -2.24. The number of halogens is 2. The number of aromatic nitrogens is 3. The third-order valence-corrected chi connectivity index (χ3v) is 3.14. The lowest BCUT2D eigenvalue weighted by Gasteiger charge is -2.07. The number of ether oxygens (including phenoxy) is 1. The summed E-state index contributed by atoms with van der Waals surface area (Å²) in [6.07, 6.45) is 2.83. The molecule has 0 unspecified atom stereocenters. The van der Waals surface area contributed by atoms with Gasteiger partial charge in [-0.25, -0.2) is 9.97 Å². The van der Waals surface area contributed by atoms with Gasteiger partial charge in [-0.3, -0.25) is 9.78 Å². The van der Waals surface area contributed by atoms with Crippen LogP contribution in [0.3, 0.4) is 0 Å². The fraction of sp³-hybridized carbons (Fsp3) is 0. The van der Waals surface area contributed by atoms with Crippen molar-refractivity contribution in [3.05, 3.63) is 53.7 Å². The van der Waals surface area contributed by atoms with Crippen molar-refractivity contribution in [2.45, 2.75) is 0 Å². The van der Waals surface area contributed by atoms with Crippen LogP contribution in [0.1, 0.15) is 10.5 Å². The zero-order valence-electron chi connectivity index (χ0n) is 10.5. The van der Waals surface area contributed by atoms with Gasteiger partial charge in [0, 0.05) is 17.6 Å². The van der Waals surface area contributed by atoms with E-state index in [0.717, 1.165) is 5.39 Å². The summed E-state index contributed by atoms with van der Waals surface area (Å²) in [6, 6.07) is 8.44. The van der Waals surface area contributed by atoms with Crippen molar-refractivity contribution < 1.29 is 9.53 Å². The van der Waals surface area contributed by atoms with E-state index in [1.807, 2.05) is 0 Å². The minimum Gasteiger partial charge on any atom is -0.439 e. The van der Waals surface area contributed by atoms with Crippen molar-refractivity contribution >= 4 is 39.2 Å². The summed E-state index contributed by atoms with van der Waals surface area (Å²) in [5.41, 5.74) is 0.214. The van der Waals surface area contributed by atoms with E-state index in [0.29, 0.717) is 22.2 Å². The van der Waals surface area contributed by atoms with Crippen LogP contribution in [-0.4, -0.2) is 20.2 Å². The highest BCUT2D eigenvalue weighted by Gasteiger charge is 2.10. The largest absolute Gasteiger partial charge is 0.439 e. The molecule has 0 bridgehead atoms. The summed E-state index contributed by atoms with van der Waals surface area (Å²) in [5.74, 6) is 0.883. The molecular formula is C14H7Cl2N3O2. The van der Waals surface area contributed by atoms with Gasteiger partial charge in [-0.1, -0.05) is 11.6 Å². The molecule has 0 aliphatic rings. The van der Waals surface area contributed by atoms with Gasteiger partial charge >= 0.3 is 0 Å². The molecule has 0 radical (unpaired) electrons. The number of hydrogen-bond donors (Lipinski definition) is 0. The number of pyridine rings is 1. The standard InChI is InChI=1S/C14H7Cl2N3O2/c15-11-6-12(19-7-18-11)21-9-1-2-10-8(5-9)3-4-17-13(10)14(16)20/h1-7H. The lowest BCUT2D eigenvalue weighted by molar-refractivity contribution is 0.107. The zero-order chi connectivity index (χ0) is 14.8. The van der Waals surface area contributed by atoms with Crippen LogP contribution in [-0.2, 0) is 0 Å². The van der Waals surface area contributed by atoms with Crippen LogP contribution < -0.4 is 4.74 Å². The fourth-order valence-corrected chi connectivity index (χ4v) is 2.16. The second-order valence-corrected chi connectivity index (χ2v) is 4.83. The maximum Gasteiger partial charge on any atom is 0.271 e. The molecule has 0 saturated carbocycles. The van der Waals surface area contributed by atoms with Crippen LogP contribution in [0.4, 0.5) is 0 Å². The van der Waals surface area contributed by atoms with E-state index in [4.69, 9.17) is 27.9 Å². The van der Waals surface area contributed by atoms with E-state index in [1.165, 1.54) is 18.6 Å². The molecule has 0 aliphatic heterocycles. The van der Waals surface area contributed by atoms with Crippen molar-refractivity contribution in [1.29, 1.82) is 0 Å². The number of rotatable bonds is 3. The molecule has 0 amide bonds. The third-order valence-electron chi connectivity index (χ3n) is 2.75. The lowest BCUT2D eigenvalue weighted by Crippen LogP contribution is -1.95. The van der Waals surface area contributed by atoms with Gasteiger partial charge in [0.1, 0.15) is 22.9 Å². The van der Waals surface area contributed by atoms with Gasteiger partial charge in [0.15, 0.2) is 0 Å². The van der Waals surface area contributed by atoms with Gasteiger partial charge in [-0.05, 0) is 41.3 Å². The quantitative estimate of drug-likeness (QED) is 0.542. The van der Waals surface area contributed by atoms with Crippen LogP contribution in [0, 0.1) is 0 Å². The minimum atomic E-state index is -0.600. The molecule has 104 valence electrons. The molecular weight excluding hydrogens is 313 g/mol. The summed E-state index contributed by atoms with van der Waals surface area (Å²) in [5, 5.41) is 1.13. The highest BCUT2D eigenvalue weighted by atomic mass is 35.5. The first-order chi connectivity index (χ1) is 10.1. The molecule has 2 aromatic heterocycles. The fourth-order valence-electron chi connectivity index (χ4n) is 1.87. The first-order valence-electron chi connectivity index (χ1n) is 5.87. The van der Waals surface area contributed by atoms with Crippen molar-refractivity contribution in [2.24, 2.45) is 0 Å². The average Bonchev–Trinajstić information content (AvgIpc) is 2.46. The summed E-state index contributed by atoms with van der Waals surface area (Å²) in [4.78, 5) is 23.0. The van der Waals surface area contributed by atoms with E-state index in [1.54, 1.807) is 24.3 Å². The molecule has 21 heavy (non-hydrogen) atoms. The number of nitrogens with zero attached hydrogens (tertiary/aromatic N) is 3. The van der Waals surface area contributed by atoms with Gasteiger partial charge in [0.05, 0.1) is 0 Å². The van der Waals surface area contributed by atoms with Gasteiger partial charge in [-0.2, -0.15) is 0 Å². The van der Waals surface area contributed by atoms with Crippen LogP contribution >= 0.6 is 23.2 Å². The number of benzene rings is 1. The number of carbonyl (C=O) groups is 1. The molecule has 3 aromatic rings. The molecule has 2 heterocycles. The monoisotopic (exact) mass is 319 g/mol. The minimum absolute atomic E-state index is 0.214. The van der Waals surface area contributed by atoms with Gasteiger partial charge in [0.2, 0.25) is 5.88 Å². The van der Waals surface area contributed by atoms with Crippen LogP contribution in [0.2, 0.25) is 5.15 Å². The maximum atomic E-state index is 11.3. The second-order valence-electron chi connectivity index (χ2n) is 4.10. The predicted molar refractivity (Wildman–Crippen MR) is 79.0 cm³/mol. The molecule has 0 aliphatic carbocycles. The van der Waals surface area contributed by atoms with E-state index in [2.05, 4.69) is 15.0 Å². The number of fused-ring (bicyclic) bond motifs is 1. The molecule has 1 aromatic carbocycles. The van der Waals surface area contributed by atoms with E-state index in [9.17, 15) is 4.79 Å². The summed E-state index contributed by atoms with van der Waals surface area (Å²) >= 11 is 11.3. The Labute approximate surface area is 129 Å². The third kappa shape index (κ3) is 2.94. The van der Waals surface area contributed by atoms with Crippen molar-refractivity contribution in [1.82, 2.24) is 15.0 Å². The Balaban J connectivity index is 2.00. The van der Waals surface area contributed by atoms with Gasteiger partial charge in [-0.15, -0.1) is 0 Å². The Morgan fingerprint density at radius 1 is 1.10 bits per heavy atom. The summed E-state index contributed by atoms with van der Waals surface area (Å²) < 4.78 is 5.59. The van der Waals surface area contributed by atoms with E-state index >= 15 is 0 Å². The maximum absolute atomic E-state index is 11.3. The molecule has 0 saturated heterocycles. The Kier molecular flexibility index (Phi) is 3.68. The SMILES string of the molecule is O=C(Cl)c1nccc2cc(Oc3cc(Cl)ncn3)ccc12. The molecule has 3 rings (SSSR count). The molecule has 0 spiro atoms. The topological polar surface area (TPSA) is 65.0 Å². The Morgan fingerprint density at radius 2 is 1.95 bits per heavy atom. The van der Waals surface area contributed by atoms with E-state index < -0.39 is 5.24 Å². The predicted octanol–water partition coefficient (Wildman–Crippen LogP) is 3.85. The lowest BCUT2D eigenvalue weighted by atomic mass is 10.1. The highest BCUT2D eigenvalue weighted by Crippen LogP contribution is 2.26. The van der Waals surface area contributed by atoms with Crippen molar-refractivity contribution in [3.63, 3.8) is 0 Å². The molecule has 5 nitrogen and oxygen atoms in total. The van der Waals surface area contributed by atoms with Crippen molar-refractivity contribution in [3.8, 4) is 11.6 Å². The first kappa shape index (κ1) is 13.7. The smallest absolute Gasteiger partial charge is 0.271 e. The molecule has 0 fully saturated rings. The van der Waals surface area contributed by atoms with Crippen molar-refractivity contribution in [2.75, 3.05) is 0 Å². The Bertz CT molecular complexity index is 839. The van der Waals surface area contributed by atoms with E-state index in [-0.39, 0.29) is 5.69 Å². The van der Waals surface area contributed by atoms with Crippen LogP contribution in [0.5, 0.6) is 11.6 Å². The normalized spacial score (nSPS) is 10.6. The van der Waals surface area contributed by atoms with Gasteiger partial charge in [0.25, 0.3) is 5.24 Å². The number of hydrogen-bond acceptors (Lipinski definition) is 5. The Morgan fingerprint density at radius 3 is 2.71 bits per heavy atom.